The first kappa shape index (κ1) is 66.7. The average Bonchev–Trinajstić information content (AvgIpc) is 3.88. The normalized spacial score (nSPS) is 14.6. The predicted molar refractivity (Wildman–Crippen MR) is 190 cm³/mol. The Labute approximate surface area is 585 Å². The van der Waals surface area contributed by atoms with E-state index in [2.05, 4.69) is 39.6 Å². The van der Waals surface area contributed by atoms with Gasteiger partial charge in [-0.05, 0) is 73.0 Å². The van der Waals surface area contributed by atoms with E-state index < -0.39 is 93.5 Å². The number of nitrogens with one attached hydrogen (secondary N) is 2. The van der Waals surface area contributed by atoms with Crippen molar-refractivity contribution in [3.63, 3.8) is 0 Å². The minimum absolute atomic E-state index is 0. The number of hydrogen-bond acceptors (Lipinski definition) is 21. The molecule has 64 heavy (non-hydrogen) atoms. The standard InChI is InChI=1S/C31H29N7O17S4.5K/c1-32-28(40)26-19(30(42)37(34-26)21-14-17(56-54-52-44)7-11-23(21)58(46,47)48)9-5-16(36-13-3-4-25(36)39)6-10-20-27(29(41)33-2)35-38(31(20)43)22-15-18(57-55-53-45)8-12-24(22)59(49,50)51;;;;;/h5-12,14-15,42,44-45H,3-4,13H2,1-2H3,(H,32,40)(H,33,41)(H,46,47,48)(H,49,50,51);;;;;/q;5*+1/p-5/b9-5+,16-6-,20-10-;;;;;. The fraction of sp³-hybridized carbons (Fsp3) is 0.161. The maximum absolute atomic E-state index is 13.9. The number of nitrogens with zero attached hydrogens (tertiary/aromatic N) is 5. The van der Waals surface area contributed by atoms with Crippen molar-refractivity contribution in [2.75, 3.05) is 25.6 Å². The van der Waals surface area contributed by atoms with Gasteiger partial charge in [0, 0.05) is 48.1 Å². The molecular weight excluding hydrogens is 1070 g/mol. The molecule has 2 aromatic carbocycles. The van der Waals surface area contributed by atoms with Crippen LogP contribution in [-0.2, 0) is 53.4 Å². The Kier molecular flexibility index (Phi) is 31.9. The van der Waals surface area contributed by atoms with E-state index in [1.165, 1.54) is 19.0 Å². The van der Waals surface area contributed by atoms with Gasteiger partial charge in [-0.15, -0.1) is 0 Å². The molecule has 0 aliphatic carbocycles. The molecule has 3 heterocycles. The summed E-state index contributed by atoms with van der Waals surface area (Å²) in [4.78, 5) is 52.0. The van der Waals surface area contributed by atoms with Gasteiger partial charge in [0.15, 0.2) is 11.4 Å². The van der Waals surface area contributed by atoms with Crippen LogP contribution in [0.4, 0.5) is 5.69 Å². The smallest absolute Gasteiger partial charge is 0.858 e. The second-order valence-electron chi connectivity index (χ2n) is 11.5. The summed E-state index contributed by atoms with van der Waals surface area (Å²) in [5, 5.41) is 54.0. The third kappa shape index (κ3) is 16.9. The van der Waals surface area contributed by atoms with Gasteiger partial charge in [-0.1, -0.05) is 0 Å². The van der Waals surface area contributed by atoms with Crippen molar-refractivity contribution in [1.29, 1.82) is 0 Å². The summed E-state index contributed by atoms with van der Waals surface area (Å²) in [6.45, 7) is 0.106. The number of rotatable bonds is 16. The third-order valence-electron chi connectivity index (χ3n) is 8.04. The fourth-order valence-electron chi connectivity index (χ4n) is 5.48. The molecule has 0 bridgehead atoms. The number of benzene rings is 2. The van der Waals surface area contributed by atoms with Gasteiger partial charge in [0.25, 0.3) is 17.7 Å². The number of hydrogen-bond donors (Lipinski definition) is 2. The van der Waals surface area contributed by atoms with Crippen LogP contribution in [0.5, 0.6) is 5.88 Å². The number of aromatic nitrogens is 2. The van der Waals surface area contributed by atoms with Gasteiger partial charge in [-0.3, -0.25) is 29.3 Å². The zero-order valence-electron chi connectivity index (χ0n) is 34.7. The number of likely N-dealkylation sites (tertiary alicyclic amines) is 1. The molecule has 3 aromatic rings. The van der Waals surface area contributed by atoms with Crippen molar-refractivity contribution >= 4 is 85.4 Å². The molecule has 1 aromatic heterocycles. The largest absolute Gasteiger partial charge is 1.00 e. The Morgan fingerprint density at radius 3 is 1.84 bits per heavy atom. The Morgan fingerprint density at radius 1 is 0.828 bits per heavy atom. The first-order valence-corrected chi connectivity index (χ1v) is 20.3. The van der Waals surface area contributed by atoms with Crippen LogP contribution in [0.1, 0.15) is 28.9 Å². The summed E-state index contributed by atoms with van der Waals surface area (Å²) in [7, 11) is -8.19. The Balaban J connectivity index is 0.00000794. The van der Waals surface area contributed by atoms with Gasteiger partial charge in [-0.25, -0.2) is 21.5 Å². The van der Waals surface area contributed by atoms with E-state index in [0.717, 1.165) is 60.7 Å². The molecule has 2 N–H and O–H groups in total. The molecule has 0 radical (unpaired) electrons. The zero-order valence-corrected chi connectivity index (χ0v) is 53.6. The van der Waals surface area contributed by atoms with Crippen molar-refractivity contribution in [3.05, 3.63) is 77.2 Å². The van der Waals surface area contributed by atoms with Crippen molar-refractivity contribution in [2.45, 2.75) is 32.4 Å². The first-order chi connectivity index (χ1) is 27.9. The molecule has 33 heteroatoms. The Bertz CT molecular complexity index is 2580. The third-order valence-corrected chi connectivity index (χ3v) is 10.9. The van der Waals surface area contributed by atoms with Gasteiger partial charge in [-0.2, -0.15) is 23.9 Å². The maximum atomic E-state index is 13.9. The quantitative estimate of drug-likeness (QED) is 0.0256. The second kappa shape index (κ2) is 30.7. The summed E-state index contributed by atoms with van der Waals surface area (Å²) in [6.07, 6.45) is 4.79. The molecule has 5 rings (SSSR count). The monoisotopic (exact) mass is 1090 g/mol. The van der Waals surface area contributed by atoms with E-state index in [1.54, 1.807) is 0 Å². The molecule has 1 saturated heterocycles. The van der Waals surface area contributed by atoms with Crippen LogP contribution in [0, 0.1) is 0 Å². The number of amides is 4. The molecule has 0 atom stereocenters. The molecule has 2 aliphatic rings. The number of carbonyl (C=O) groups is 4. The van der Waals surface area contributed by atoms with Crippen molar-refractivity contribution in [2.24, 2.45) is 5.10 Å². The molecule has 0 saturated carbocycles. The molecule has 0 unspecified atom stereocenters. The average molecular weight is 1090 g/mol. The van der Waals surface area contributed by atoms with Crippen LogP contribution in [0.3, 0.4) is 0 Å². The molecule has 314 valence electrons. The zero-order chi connectivity index (χ0) is 43.2. The van der Waals surface area contributed by atoms with E-state index in [0.29, 0.717) is 16.1 Å². The van der Waals surface area contributed by atoms with Gasteiger partial charge in [0.05, 0.1) is 50.8 Å². The second-order valence-corrected chi connectivity index (χ2v) is 15.7. The topological polar surface area (TPSA) is 350 Å². The number of anilines is 1. The molecule has 24 nitrogen and oxygen atoms in total. The Morgan fingerprint density at radius 2 is 1.36 bits per heavy atom. The minimum atomic E-state index is -5.29. The van der Waals surface area contributed by atoms with E-state index in [4.69, 9.17) is 0 Å². The molecule has 0 spiro atoms. The minimum Gasteiger partial charge on any atom is -0.858 e. The van der Waals surface area contributed by atoms with Crippen molar-refractivity contribution in [1.82, 2.24) is 25.3 Å². The number of hydrazone groups is 1. The summed E-state index contributed by atoms with van der Waals surface area (Å²) >= 11 is 0.575. The summed E-state index contributed by atoms with van der Waals surface area (Å²) in [6, 6.07) is 5.60. The molecule has 1 fully saturated rings. The van der Waals surface area contributed by atoms with Crippen molar-refractivity contribution in [3.8, 4) is 11.6 Å². The fourth-order valence-corrected chi connectivity index (χ4v) is 7.53. The maximum Gasteiger partial charge on any atom is 1.00 e. The van der Waals surface area contributed by atoms with Crippen LogP contribution in [0.15, 0.2) is 90.6 Å². The van der Waals surface area contributed by atoms with E-state index in [9.17, 15) is 60.7 Å². The van der Waals surface area contributed by atoms with Gasteiger partial charge >= 0.3 is 257 Å². The Hall–Kier alpha value is 2.68. The number of carbonyl (C=O) groups excluding carboxylic acids is 4. The van der Waals surface area contributed by atoms with Gasteiger partial charge in [0.1, 0.15) is 20.2 Å². The summed E-state index contributed by atoms with van der Waals surface area (Å²) < 4.78 is 81.9. The van der Waals surface area contributed by atoms with Crippen molar-refractivity contribution < 1.29 is 336 Å². The first-order valence-electron chi connectivity index (χ1n) is 16.0. The number of allylic oxidation sites excluding steroid dienone is 3. The van der Waals surface area contributed by atoms with E-state index in [1.807, 2.05) is 0 Å². The van der Waals surface area contributed by atoms with Crippen LogP contribution >= 0.6 is 24.1 Å². The van der Waals surface area contributed by atoms with Gasteiger partial charge in [0.2, 0.25) is 5.91 Å². The molecule has 4 amide bonds. The van der Waals surface area contributed by atoms with E-state index >= 15 is 0 Å². The summed E-state index contributed by atoms with van der Waals surface area (Å²) in [5.74, 6) is -4.64. The van der Waals surface area contributed by atoms with Crippen LogP contribution < -0.4 is 288 Å². The van der Waals surface area contributed by atoms with Crippen LogP contribution in [0.2, 0.25) is 0 Å². The van der Waals surface area contributed by atoms with Gasteiger partial charge < -0.3 is 40.3 Å². The predicted octanol–water partition coefficient (Wildman–Crippen LogP) is -16.8. The summed E-state index contributed by atoms with van der Waals surface area (Å²) in [5.41, 5.74) is -3.49. The van der Waals surface area contributed by atoms with E-state index in [-0.39, 0.29) is 309 Å². The van der Waals surface area contributed by atoms with Crippen LogP contribution in [0.25, 0.3) is 11.8 Å². The molecule has 2 aliphatic heterocycles. The van der Waals surface area contributed by atoms with Crippen LogP contribution in [-0.4, -0.2) is 90.6 Å². The molecular formula is C31H24K5N7O17S4. The SMILES string of the molecule is CNC(=O)C1=NN(c2cc(SOO[O-])ccc2S(=O)(=O)[O-])C(=O)\C1=C/C=C(/C=C/c1c(C(=O)NC)nn(-c2cc(SOO[O-])ccc2S(=O)(=O)[O-])c1[O-])N1CCCC1=O.[K+].[K+].[K+].[K+].[K+].